The lowest BCUT2D eigenvalue weighted by Crippen LogP contribution is -2.35. The molecule has 0 atom stereocenters. The topological polar surface area (TPSA) is 49.2 Å². The highest BCUT2D eigenvalue weighted by molar-refractivity contribution is 5.74. The van der Waals surface area contributed by atoms with Crippen LogP contribution < -0.4 is 10.2 Å². The molecule has 0 saturated heterocycles. The van der Waals surface area contributed by atoms with E-state index >= 15 is 0 Å². The lowest BCUT2D eigenvalue weighted by Gasteiger charge is -2.30. The number of rotatable bonds is 5. The van der Waals surface area contributed by atoms with Crippen molar-refractivity contribution in [2.24, 2.45) is 0 Å². The monoisotopic (exact) mass is 404 g/mol. The number of fused-ring (bicyclic) bond motifs is 1. The first-order valence-electron chi connectivity index (χ1n) is 10.6. The van der Waals surface area contributed by atoms with Crippen LogP contribution in [0.4, 0.5) is 11.5 Å². The first-order valence-corrected chi connectivity index (χ1v) is 10.6. The van der Waals surface area contributed by atoms with Crippen molar-refractivity contribution in [2.45, 2.75) is 45.9 Å². The Hall–Kier alpha value is -2.86. The molecule has 1 aromatic carbocycles. The second-order valence-electron chi connectivity index (χ2n) is 9.27. The minimum Gasteiger partial charge on any atom is -0.378 e. The average Bonchev–Trinajstić information content (AvgIpc) is 3.05. The van der Waals surface area contributed by atoms with E-state index in [1.807, 2.05) is 18.5 Å². The molecule has 0 fully saturated rings. The van der Waals surface area contributed by atoms with E-state index in [-0.39, 0.29) is 5.54 Å². The lowest BCUT2D eigenvalue weighted by molar-refractivity contribution is 0.209. The van der Waals surface area contributed by atoms with E-state index in [0.29, 0.717) is 0 Å². The molecule has 3 heterocycles. The lowest BCUT2D eigenvalue weighted by atomic mass is 10.1. The van der Waals surface area contributed by atoms with Gasteiger partial charge in [0.1, 0.15) is 17.3 Å². The summed E-state index contributed by atoms with van der Waals surface area (Å²) in [5, 5.41) is 3.72. The van der Waals surface area contributed by atoms with Crippen molar-refractivity contribution in [3.05, 3.63) is 60.2 Å². The maximum atomic E-state index is 5.10. The summed E-state index contributed by atoms with van der Waals surface area (Å²) in [7, 11) is 4.13. The van der Waals surface area contributed by atoms with E-state index < -0.39 is 0 Å². The molecule has 6 heteroatoms. The number of pyridine rings is 1. The van der Waals surface area contributed by atoms with E-state index in [0.717, 1.165) is 49.1 Å². The zero-order chi connectivity index (χ0) is 21.3. The summed E-state index contributed by atoms with van der Waals surface area (Å²) in [6, 6.07) is 12.8. The fourth-order valence-corrected chi connectivity index (χ4v) is 3.87. The van der Waals surface area contributed by atoms with Gasteiger partial charge in [-0.3, -0.25) is 9.88 Å². The Bertz CT molecular complexity index is 983. The van der Waals surface area contributed by atoms with Crippen molar-refractivity contribution >= 4 is 11.5 Å². The van der Waals surface area contributed by atoms with E-state index in [2.05, 4.69) is 89.9 Å². The van der Waals surface area contributed by atoms with Crippen molar-refractivity contribution in [1.82, 2.24) is 19.4 Å². The van der Waals surface area contributed by atoms with E-state index in [1.165, 1.54) is 11.3 Å². The van der Waals surface area contributed by atoms with Gasteiger partial charge in [0.2, 0.25) is 0 Å². The summed E-state index contributed by atoms with van der Waals surface area (Å²) in [5.74, 6) is 2.24. The number of aromatic nitrogens is 3. The number of nitrogens with one attached hydrogen (secondary N) is 1. The normalized spacial score (nSPS) is 14.4. The fourth-order valence-electron chi connectivity index (χ4n) is 3.87. The van der Waals surface area contributed by atoms with Crippen molar-refractivity contribution in [1.29, 1.82) is 0 Å². The third-order valence-electron chi connectivity index (χ3n) is 5.33. The smallest absolute Gasteiger partial charge is 0.134 e. The summed E-state index contributed by atoms with van der Waals surface area (Å²) in [5.41, 5.74) is 4.57. The van der Waals surface area contributed by atoms with Gasteiger partial charge in [-0.05, 0) is 44.5 Å². The Morgan fingerprint density at radius 3 is 2.47 bits per heavy atom. The molecule has 0 amide bonds. The standard InChI is InChI=1S/C24H32N6/c1-24(2,3)27-23-22(19-8-10-20(11-9-19)28(4)5)26-21-17-29(13-14-30(21)23)16-18-7-6-12-25-15-18/h6-12,15,27H,13-14,16-17H2,1-5H3. The van der Waals surface area contributed by atoms with Crippen LogP contribution >= 0.6 is 0 Å². The molecule has 4 rings (SSSR count). The van der Waals surface area contributed by atoms with Crippen molar-refractivity contribution in [3.8, 4) is 11.3 Å². The molecular formula is C24H32N6. The van der Waals surface area contributed by atoms with Crippen LogP contribution in [0.1, 0.15) is 32.2 Å². The summed E-state index contributed by atoms with van der Waals surface area (Å²) >= 11 is 0. The highest BCUT2D eigenvalue weighted by Gasteiger charge is 2.26. The van der Waals surface area contributed by atoms with Crippen LogP contribution in [-0.4, -0.2) is 45.6 Å². The van der Waals surface area contributed by atoms with E-state index in [1.54, 1.807) is 0 Å². The third kappa shape index (κ3) is 4.49. The molecule has 0 saturated carbocycles. The van der Waals surface area contributed by atoms with Crippen molar-refractivity contribution in [3.63, 3.8) is 0 Å². The molecule has 2 aromatic heterocycles. The molecule has 30 heavy (non-hydrogen) atoms. The molecule has 0 unspecified atom stereocenters. The summed E-state index contributed by atoms with van der Waals surface area (Å²) in [6.45, 7) is 10.3. The average molecular weight is 405 g/mol. The summed E-state index contributed by atoms with van der Waals surface area (Å²) in [6.07, 6.45) is 3.77. The zero-order valence-corrected chi connectivity index (χ0v) is 18.7. The molecule has 3 aromatic rings. The molecule has 158 valence electrons. The Morgan fingerprint density at radius 1 is 1.07 bits per heavy atom. The number of hydrogen-bond donors (Lipinski definition) is 1. The maximum Gasteiger partial charge on any atom is 0.134 e. The van der Waals surface area contributed by atoms with E-state index in [9.17, 15) is 0 Å². The van der Waals surface area contributed by atoms with Gasteiger partial charge >= 0.3 is 0 Å². The predicted octanol–water partition coefficient (Wildman–Crippen LogP) is 4.24. The molecule has 0 bridgehead atoms. The van der Waals surface area contributed by atoms with Crippen LogP contribution in [0.3, 0.4) is 0 Å². The molecular weight excluding hydrogens is 372 g/mol. The molecule has 6 nitrogen and oxygen atoms in total. The quantitative estimate of drug-likeness (QED) is 0.689. The highest BCUT2D eigenvalue weighted by Crippen LogP contribution is 2.33. The van der Waals surface area contributed by atoms with Crippen LogP contribution in [0.2, 0.25) is 0 Å². The minimum atomic E-state index is -0.0397. The van der Waals surface area contributed by atoms with Gasteiger partial charge in [0.25, 0.3) is 0 Å². The molecule has 1 aliphatic heterocycles. The van der Waals surface area contributed by atoms with Gasteiger partial charge in [-0.1, -0.05) is 18.2 Å². The van der Waals surface area contributed by atoms with Crippen LogP contribution in [0.5, 0.6) is 0 Å². The summed E-state index contributed by atoms with van der Waals surface area (Å²) < 4.78 is 2.36. The zero-order valence-electron chi connectivity index (χ0n) is 18.7. The number of hydrogen-bond acceptors (Lipinski definition) is 5. The van der Waals surface area contributed by atoms with Gasteiger partial charge in [0, 0.05) is 62.9 Å². The predicted molar refractivity (Wildman–Crippen MR) is 124 cm³/mol. The number of anilines is 2. The van der Waals surface area contributed by atoms with Crippen LogP contribution in [0.25, 0.3) is 11.3 Å². The number of nitrogens with zero attached hydrogens (tertiary/aromatic N) is 5. The van der Waals surface area contributed by atoms with Crippen LogP contribution in [0.15, 0.2) is 48.8 Å². The number of imidazole rings is 1. The van der Waals surface area contributed by atoms with Gasteiger partial charge in [-0.25, -0.2) is 4.98 Å². The number of benzene rings is 1. The van der Waals surface area contributed by atoms with Gasteiger partial charge < -0.3 is 14.8 Å². The molecule has 0 radical (unpaired) electrons. The fraction of sp³-hybridized carbons (Fsp3) is 0.417. The maximum absolute atomic E-state index is 5.10. The van der Waals surface area contributed by atoms with Crippen molar-refractivity contribution < 1.29 is 0 Å². The second kappa shape index (κ2) is 8.11. The minimum absolute atomic E-state index is 0.0397. The SMILES string of the molecule is CN(C)c1ccc(-c2nc3n(c2NC(C)(C)C)CCN(Cc2cccnc2)C3)cc1. The Balaban J connectivity index is 1.66. The first-order chi connectivity index (χ1) is 14.3. The Kier molecular flexibility index (Phi) is 5.52. The van der Waals surface area contributed by atoms with Gasteiger partial charge in [0.05, 0.1) is 6.54 Å². The van der Waals surface area contributed by atoms with Crippen LogP contribution in [-0.2, 0) is 19.6 Å². The molecule has 0 aliphatic carbocycles. The van der Waals surface area contributed by atoms with Crippen LogP contribution in [0, 0.1) is 0 Å². The van der Waals surface area contributed by atoms with Gasteiger partial charge in [-0.2, -0.15) is 0 Å². The largest absolute Gasteiger partial charge is 0.378 e. The van der Waals surface area contributed by atoms with Crippen molar-refractivity contribution in [2.75, 3.05) is 30.9 Å². The molecule has 0 spiro atoms. The first kappa shape index (κ1) is 20.4. The Labute approximate surface area is 179 Å². The van der Waals surface area contributed by atoms with Gasteiger partial charge in [0.15, 0.2) is 0 Å². The molecule has 1 aliphatic rings. The Morgan fingerprint density at radius 2 is 1.83 bits per heavy atom. The van der Waals surface area contributed by atoms with Gasteiger partial charge in [-0.15, -0.1) is 0 Å². The third-order valence-corrected chi connectivity index (χ3v) is 5.33. The summed E-state index contributed by atoms with van der Waals surface area (Å²) in [4.78, 5) is 13.9. The molecule has 1 N–H and O–H groups in total. The van der Waals surface area contributed by atoms with E-state index in [4.69, 9.17) is 4.98 Å². The second-order valence-corrected chi connectivity index (χ2v) is 9.27. The highest BCUT2D eigenvalue weighted by atomic mass is 15.3.